The number of nitrogens with two attached hydrogens (primary N) is 2. The Morgan fingerprint density at radius 3 is 2.22 bits per heavy atom. The van der Waals surface area contributed by atoms with E-state index in [0.29, 0.717) is 0 Å². The summed E-state index contributed by atoms with van der Waals surface area (Å²) in [6.07, 6.45) is -0.427. The Balaban J connectivity index is 3.20. The zero-order chi connectivity index (χ0) is 14.3. The highest BCUT2D eigenvalue weighted by Crippen LogP contribution is 3.02. The highest BCUT2D eigenvalue weighted by atomic mass is 32.5. The first-order valence-electron chi connectivity index (χ1n) is 4.67. The number of benzene rings is 1. The molecule has 1 rings (SSSR count). The minimum Gasteiger partial charge on any atom is -0.370 e. The first-order chi connectivity index (χ1) is 7.79. The van der Waals surface area contributed by atoms with Gasteiger partial charge in [0.25, 0.3) is 0 Å². The second-order valence-electron chi connectivity index (χ2n) is 3.82. The van der Waals surface area contributed by atoms with Crippen LogP contribution >= 0.6 is 10.2 Å². The molecule has 1 aromatic rings. The Morgan fingerprint density at radius 2 is 1.78 bits per heavy atom. The molecule has 0 aliphatic carbocycles. The van der Waals surface area contributed by atoms with Gasteiger partial charge in [0, 0.05) is 12.5 Å². The molecule has 104 valence electrons. The van der Waals surface area contributed by atoms with E-state index in [1.54, 1.807) is 0 Å². The van der Waals surface area contributed by atoms with Crippen molar-refractivity contribution in [3.63, 3.8) is 0 Å². The van der Waals surface area contributed by atoms with Crippen LogP contribution in [-0.2, 0) is 4.79 Å². The van der Waals surface area contributed by atoms with Crippen molar-refractivity contribution in [1.29, 1.82) is 0 Å². The van der Waals surface area contributed by atoms with Crippen molar-refractivity contribution >= 4 is 16.1 Å². The SMILES string of the molecule is NC(=O)CC(N)c1cccc(S(F)(F)(F)(F)F)c1. The van der Waals surface area contributed by atoms with Crippen molar-refractivity contribution in [3.05, 3.63) is 29.8 Å². The van der Waals surface area contributed by atoms with Gasteiger partial charge in [-0.25, -0.2) is 0 Å². The third-order valence-corrected chi connectivity index (χ3v) is 3.30. The minimum atomic E-state index is -9.73. The molecule has 18 heavy (non-hydrogen) atoms. The second kappa shape index (κ2) is 3.58. The van der Waals surface area contributed by atoms with E-state index in [1.807, 2.05) is 0 Å². The largest absolute Gasteiger partial charge is 0.370 e. The first kappa shape index (κ1) is 14.7. The van der Waals surface area contributed by atoms with Gasteiger partial charge in [-0.2, -0.15) is 0 Å². The Morgan fingerprint density at radius 1 is 1.22 bits per heavy atom. The highest BCUT2D eigenvalue weighted by Gasteiger charge is 2.65. The van der Waals surface area contributed by atoms with Crippen LogP contribution in [0.25, 0.3) is 0 Å². The molecule has 0 radical (unpaired) electrons. The lowest BCUT2D eigenvalue weighted by Crippen LogP contribution is -2.21. The third kappa shape index (κ3) is 3.84. The van der Waals surface area contributed by atoms with E-state index in [1.165, 1.54) is 0 Å². The summed E-state index contributed by atoms with van der Waals surface area (Å²) in [6.45, 7) is 0. The molecule has 0 bridgehead atoms. The lowest BCUT2D eigenvalue weighted by atomic mass is 10.0. The van der Waals surface area contributed by atoms with Crippen LogP contribution in [0.1, 0.15) is 18.0 Å². The minimum absolute atomic E-state index is 0.223. The Kier molecular flexibility index (Phi) is 2.92. The molecular formula is C9H11F5N2OS. The topological polar surface area (TPSA) is 69.1 Å². The van der Waals surface area contributed by atoms with Gasteiger partial charge < -0.3 is 11.5 Å². The van der Waals surface area contributed by atoms with Gasteiger partial charge in [-0.1, -0.05) is 31.6 Å². The Bertz CT molecular complexity index is 487. The standard InChI is InChI=1S/C9H11F5N2OS/c10-18(11,12,13,14)7-3-1-2-6(4-7)8(15)5-9(16)17/h1-4,8H,5,15H2,(H2,16,17). The summed E-state index contributed by atoms with van der Waals surface area (Å²) >= 11 is 0. The van der Waals surface area contributed by atoms with Crippen LogP contribution in [0.3, 0.4) is 0 Å². The summed E-state index contributed by atoms with van der Waals surface area (Å²) in [5.41, 5.74) is 10.00. The smallest absolute Gasteiger partial charge is 0.310 e. The summed E-state index contributed by atoms with van der Waals surface area (Å²) in [5.74, 6) is -0.833. The monoisotopic (exact) mass is 290 g/mol. The number of carbonyl (C=O) groups is 1. The lowest BCUT2D eigenvalue weighted by Gasteiger charge is -2.40. The quantitative estimate of drug-likeness (QED) is 0.836. The lowest BCUT2D eigenvalue weighted by molar-refractivity contribution is -0.118. The molecule has 0 spiro atoms. The third-order valence-electron chi connectivity index (χ3n) is 2.15. The van der Waals surface area contributed by atoms with Gasteiger partial charge in [-0.3, -0.25) is 4.79 Å². The fourth-order valence-electron chi connectivity index (χ4n) is 1.32. The predicted octanol–water partition coefficient (Wildman–Crippen LogP) is 3.22. The molecule has 0 saturated heterocycles. The summed E-state index contributed by atoms with van der Waals surface area (Å²) in [5, 5.41) is 0. The van der Waals surface area contributed by atoms with Gasteiger partial charge in [0.05, 0.1) is 0 Å². The van der Waals surface area contributed by atoms with Gasteiger partial charge in [0.2, 0.25) is 5.91 Å². The van der Waals surface area contributed by atoms with Crippen molar-refractivity contribution in [1.82, 2.24) is 0 Å². The Labute approximate surface area is 99.7 Å². The van der Waals surface area contributed by atoms with Crippen molar-refractivity contribution < 1.29 is 24.2 Å². The normalized spacial score (nSPS) is 17.7. The van der Waals surface area contributed by atoms with E-state index in [0.717, 1.165) is 12.1 Å². The number of halogens is 5. The molecule has 0 heterocycles. The van der Waals surface area contributed by atoms with Gasteiger partial charge in [0.15, 0.2) is 0 Å². The first-order valence-corrected chi connectivity index (χ1v) is 6.62. The van der Waals surface area contributed by atoms with Crippen LogP contribution in [0, 0.1) is 0 Å². The fourth-order valence-corrected chi connectivity index (χ4v) is 2.01. The predicted molar refractivity (Wildman–Crippen MR) is 58.6 cm³/mol. The van der Waals surface area contributed by atoms with Crippen LogP contribution in [0.2, 0.25) is 0 Å². The molecule has 0 aromatic heterocycles. The zero-order valence-corrected chi connectivity index (χ0v) is 9.77. The van der Waals surface area contributed by atoms with Gasteiger partial charge in [0.1, 0.15) is 4.90 Å². The maximum absolute atomic E-state index is 12.5. The Hall–Kier alpha value is -1.35. The summed E-state index contributed by atoms with van der Waals surface area (Å²) in [7, 11) is -9.73. The molecule has 3 nitrogen and oxygen atoms in total. The van der Waals surface area contributed by atoms with E-state index < -0.39 is 33.5 Å². The number of rotatable bonds is 4. The highest BCUT2D eigenvalue weighted by molar-refractivity contribution is 8.45. The summed E-state index contributed by atoms with van der Waals surface area (Å²) < 4.78 is 62.6. The number of carbonyl (C=O) groups excluding carboxylic acids is 1. The van der Waals surface area contributed by atoms with Crippen molar-refractivity contribution in [3.8, 4) is 0 Å². The zero-order valence-electron chi connectivity index (χ0n) is 8.95. The second-order valence-corrected chi connectivity index (χ2v) is 6.23. The van der Waals surface area contributed by atoms with Crippen LogP contribution in [0.4, 0.5) is 19.4 Å². The number of primary amides is 1. The van der Waals surface area contributed by atoms with E-state index in [4.69, 9.17) is 11.5 Å². The molecule has 1 amide bonds. The summed E-state index contributed by atoms with van der Waals surface area (Å²) in [4.78, 5) is 8.54. The molecule has 1 aromatic carbocycles. The van der Waals surface area contributed by atoms with Gasteiger partial charge >= 0.3 is 10.2 Å². The number of hydrogen-bond donors (Lipinski definition) is 2. The molecule has 0 fully saturated rings. The molecule has 1 atom stereocenters. The number of hydrogen-bond acceptors (Lipinski definition) is 2. The van der Waals surface area contributed by atoms with Gasteiger partial charge in [-0.05, 0) is 17.7 Å². The van der Waals surface area contributed by atoms with Crippen LogP contribution in [-0.4, -0.2) is 5.91 Å². The maximum atomic E-state index is 12.5. The average Bonchev–Trinajstić information content (AvgIpc) is 2.13. The van der Waals surface area contributed by atoms with Crippen LogP contribution < -0.4 is 11.5 Å². The van der Waals surface area contributed by atoms with Gasteiger partial charge in [-0.15, -0.1) is 0 Å². The summed E-state index contributed by atoms with van der Waals surface area (Å²) in [6, 6.07) is 1.30. The molecule has 0 saturated carbocycles. The van der Waals surface area contributed by atoms with Crippen LogP contribution in [0.5, 0.6) is 0 Å². The molecule has 0 aliphatic heterocycles. The maximum Gasteiger partial charge on any atom is 0.310 e. The number of amides is 1. The molecule has 1 unspecified atom stereocenters. The van der Waals surface area contributed by atoms with Crippen molar-refractivity contribution in [2.24, 2.45) is 11.5 Å². The van der Waals surface area contributed by atoms with E-state index >= 15 is 0 Å². The van der Waals surface area contributed by atoms with Crippen molar-refractivity contribution in [2.75, 3.05) is 0 Å². The van der Waals surface area contributed by atoms with Crippen LogP contribution in [0.15, 0.2) is 29.2 Å². The van der Waals surface area contributed by atoms with E-state index in [9.17, 15) is 24.2 Å². The van der Waals surface area contributed by atoms with E-state index in [2.05, 4.69) is 0 Å². The van der Waals surface area contributed by atoms with E-state index in [-0.39, 0.29) is 17.7 Å². The fraction of sp³-hybridized carbons (Fsp3) is 0.222. The van der Waals surface area contributed by atoms with Crippen molar-refractivity contribution in [2.45, 2.75) is 17.4 Å². The molecule has 4 N–H and O–H groups in total. The molecule has 0 aliphatic rings. The molecule has 9 heteroatoms. The average molecular weight is 290 g/mol. The molecular weight excluding hydrogens is 279 g/mol.